The number of thiophene rings is 1. The van der Waals surface area contributed by atoms with Gasteiger partial charge in [-0.25, -0.2) is 9.37 Å². The number of hydrogen-bond acceptors (Lipinski definition) is 6. The van der Waals surface area contributed by atoms with Gasteiger partial charge in [-0.1, -0.05) is 24.3 Å². The second-order valence-electron chi connectivity index (χ2n) is 8.25. The van der Waals surface area contributed by atoms with Crippen molar-refractivity contribution in [3.8, 4) is 0 Å². The minimum absolute atomic E-state index is 0.103. The number of nitrogens with one attached hydrogen (secondary N) is 3. The zero-order valence-corrected chi connectivity index (χ0v) is 19.5. The van der Waals surface area contributed by atoms with E-state index in [2.05, 4.69) is 64.7 Å². The smallest absolute Gasteiger partial charge is 0.229 e. The second kappa shape index (κ2) is 9.29. The van der Waals surface area contributed by atoms with Crippen LogP contribution in [0.2, 0.25) is 0 Å². The molecule has 1 atom stereocenters. The SMILES string of the molecule is Cc1cc(Nc2nc(N[C@H](C)c3cccs3)c3cccc(C4=CCNCC4)c3n2)ccc1F. The summed E-state index contributed by atoms with van der Waals surface area (Å²) >= 11 is 1.72. The van der Waals surface area contributed by atoms with E-state index < -0.39 is 0 Å². The zero-order valence-electron chi connectivity index (χ0n) is 18.7. The maximum absolute atomic E-state index is 13.8. The van der Waals surface area contributed by atoms with Crippen LogP contribution in [-0.2, 0) is 0 Å². The first-order chi connectivity index (χ1) is 16.1. The van der Waals surface area contributed by atoms with Crippen LogP contribution in [0.3, 0.4) is 0 Å². The third-order valence-electron chi connectivity index (χ3n) is 5.87. The Hall–Kier alpha value is -3.29. The van der Waals surface area contributed by atoms with Gasteiger partial charge < -0.3 is 16.0 Å². The molecule has 2 aromatic heterocycles. The normalized spacial score (nSPS) is 14.7. The summed E-state index contributed by atoms with van der Waals surface area (Å²) in [7, 11) is 0. The molecule has 0 amide bonds. The van der Waals surface area contributed by atoms with Crippen LogP contribution in [0, 0.1) is 12.7 Å². The number of halogens is 1. The summed E-state index contributed by atoms with van der Waals surface area (Å²) in [5, 5.41) is 13.3. The molecule has 5 nitrogen and oxygen atoms in total. The molecule has 0 radical (unpaired) electrons. The molecule has 0 saturated carbocycles. The van der Waals surface area contributed by atoms with Crippen LogP contribution in [0.25, 0.3) is 16.5 Å². The van der Waals surface area contributed by atoms with Gasteiger partial charge in [-0.15, -0.1) is 11.3 Å². The first-order valence-corrected chi connectivity index (χ1v) is 12.0. The number of para-hydroxylation sites is 1. The van der Waals surface area contributed by atoms with E-state index >= 15 is 0 Å². The minimum atomic E-state index is -0.229. The Balaban J connectivity index is 1.61. The summed E-state index contributed by atoms with van der Waals surface area (Å²) in [5.41, 5.74) is 4.65. The summed E-state index contributed by atoms with van der Waals surface area (Å²) in [6.07, 6.45) is 3.19. The van der Waals surface area contributed by atoms with Gasteiger partial charge in [0.15, 0.2) is 0 Å². The Morgan fingerprint density at radius 2 is 2.03 bits per heavy atom. The van der Waals surface area contributed by atoms with Crippen LogP contribution < -0.4 is 16.0 Å². The average molecular weight is 460 g/mol. The molecule has 0 spiro atoms. The van der Waals surface area contributed by atoms with Crippen molar-refractivity contribution >= 4 is 45.3 Å². The summed E-state index contributed by atoms with van der Waals surface area (Å²) in [4.78, 5) is 11.0. The Morgan fingerprint density at radius 1 is 1.12 bits per heavy atom. The summed E-state index contributed by atoms with van der Waals surface area (Å²) in [6, 6.07) is 15.5. The monoisotopic (exact) mass is 459 g/mol. The molecule has 1 aliphatic heterocycles. The maximum atomic E-state index is 13.8. The highest BCUT2D eigenvalue weighted by molar-refractivity contribution is 7.10. The summed E-state index contributed by atoms with van der Waals surface area (Å²) in [6.45, 7) is 5.69. The van der Waals surface area contributed by atoms with Crippen molar-refractivity contribution in [1.82, 2.24) is 15.3 Å². The van der Waals surface area contributed by atoms with Gasteiger partial charge in [0.25, 0.3) is 0 Å². The Labute approximate surface area is 196 Å². The highest BCUT2D eigenvalue weighted by Crippen LogP contribution is 2.33. The quantitative estimate of drug-likeness (QED) is 0.310. The van der Waals surface area contributed by atoms with Gasteiger partial charge in [-0.3, -0.25) is 0 Å². The number of hydrogen-bond donors (Lipinski definition) is 3. The number of benzene rings is 2. The topological polar surface area (TPSA) is 61.9 Å². The second-order valence-corrected chi connectivity index (χ2v) is 9.23. The van der Waals surface area contributed by atoms with Crippen molar-refractivity contribution in [2.24, 2.45) is 0 Å². The molecule has 0 fully saturated rings. The summed E-state index contributed by atoms with van der Waals surface area (Å²) in [5.74, 6) is 1.03. The number of aryl methyl sites for hydroxylation is 1. The summed E-state index contributed by atoms with van der Waals surface area (Å²) < 4.78 is 13.8. The average Bonchev–Trinajstić information content (AvgIpc) is 3.37. The zero-order chi connectivity index (χ0) is 22.8. The lowest BCUT2D eigenvalue weighted by Gasteiger charge is -2.19. The molecule has 3 N–H and O–H groups in total. The van der Waals surface area contributed by atoms with Crippen LogP contribution in [0.4, 0.5) is 21.8 Å². The minimum Gasteiger partial charge on any atom is -0.362 e. The Kier molecular flexibility index (Phi) is 6.07. The lowest BCUT2D eigenvalue weighted by atomic mass is 9.97. The number of aromatic nitrogens is 2. The molecule has 3 heterocycles. The number of nitrogens with zero attached hydrogens (tertiary/aromatic N) is 2. The van der Waals surface area contributed by atoms with E-state index in [4.69, 9.17) is 9.97 Å². The van der Waals surface area contributed by atoms with E-state index in [0.717, 1.165) is 47.5 Å². The molecule has 168 valence electrons. The van der Waals surface area contributed by atoms with Crippen molar-refractivity contribution in [2.45, 2.75) is 26.3 Å². The van der Waals surface area contributed by atoms with E-state index in [1.54, 1.807) is 30.4 Å². The highest BCUT2D eigenvalue weighted by Gasteiger charge is 2.17. The largest absolute Gasteiger partial charge is 0.362 e. The van der Waals surface area contributed by atoms with Crippen molar-refractivity contribution in [3.05, 3.63) is 81.8 Å². The standard InChI is InChI=1S/C26H26FN5S/c1-16-15-19(8-9-22(16)27)30-26-31-24-20(18-10-12-28-13-11-18)5-3-6-21(24)25(32-26)29-17(2)23-7-4-14-33-23/h3-10,14-15,17,28H,11-13H2,1-2H3,(H2,29,30,31,32)/t17-/m1/s1. The van der Waals surface area contributed by atoms with Gasteiger partial charge in [0.2, 0.25) is 5.95 Å². The molecule has 0 aliphatic carbocycles. The lowest BCUT2D eigenvalue weighted by molar-refractivity contribution is 0.619. The molecular weight excluding hydrogens is 433 g/mol. The van der Waals surface area contributed by atoms with Gasteiger partial charge in [0, 0.05) is 28.1 Å². The van der Waals surface area contributed by atoms with E-state index in [1.165, 1.54) is 16.5 Å². The predicted octanol–water partition coefficient (Wildman–Crippen LogP) is 6.43. The van der Waals surface area contributed by atoms with Gasteiger partial charge in [0.05, 0.1) is 11.6 Å². The molecular formula is C26H26FN5S. The molecule has 2 aromatic carbocycles. The molecule has 0 bridgehead atoms. The van der Waals surface area contributed by atoms with Crippen molar-refractivity contribution < 1.29 is 4.39 Å². The maximum Gasteiger partial charge on any atom is 0.229 e. The molecule has 5 rings (SSSR count). The predicted molar refractivity (Wildman–Crippen MR) is 136 cm³/mol. The number of fused-ring (bicyclic) bond motifs is 1. The number of anilines is 3. The molecule has 1 aliphatic rings. The third-order valence-corrected chi connectivity index (χ3v) is 6.93. The first kappa shape index (κ1) is 21.6. The van der Waals surface area contributed by atoms with Crippen molar-refractivity contribution in [2.75, 3.05) is 23.7 Å². The van der Waals surface area contributed by atoms with Crippen molar-refractivity contribution in [1.29, 1.82) is 0 Å². The van der Waals surface area contributed by atoms with E-state index in [0.29, 0.717) is 11.5 Å². The van der Waals surface area contributed by atoms with Crippen LogP contribution >= 0.6 is 11.3 Å². The first-order valence-electron chi connectivity index (χ1n) is 11.1. The van der Waals surface area contributed by atoms with Crippen LogP contribution in [-0.4, -0.2) is 23.1 Å². The molecule has 0 saturated heterocycles. The fourth-order valence-electron chi connectivity index (χ4n) is 4.11. The van der Waals surface area contributed by atoms with Crippen molar-refractivity contribution in [3.63, 3.8) is 0 Å². The van der Waals surface area contributed by atoms with Crippen LogP contribution in [0.5, 0.6) is 0 Å². The molecule has 4 aromatic rings. The van der Waals surface area contributed by atoms with Gasteiger partial charge in [0.1, 0.15) is 11.6 Å². The van der Waals surface area contributed by atoms with E-state index in [9.17, 15) is 4.39 Å². The van der Waals surface area contributed by atoms with Gasteiger partial charge >= 0.3 is 0 Å². The van der Waals surface area contributed by atoms with Crippen LogP contribution in [0.15, 0.2) is 60.0 Å². The molecule has 33 heavy (non-hydrogen) atoms. The highest BCUT2D eigenvalue weighted by atomic mass is 32.1. The Bertz CT molecular complexity index is 1320. The van der Waals surface area contributed by atoms with Gasteiger partial charge in [-0.2, -0.15) is 4.98 Å². The number of rotatable bonds is 6. The Morgan fingerprint density at radius 3 is 2.79 bits per heavy atom. The van der Waals surface area contributed by atoms with E-state index in [-0.39, 0.29) is 11.9 Å². The lowest BCUT2D eigenvalue weighted by Crippen LogP contribution is -2.20. The fourth-order valence-corrected chi connectivity index (χ4v) is 4.84. The third kappa shape index (κ3) is 4.60. The molecule has 7 heteroatoms. The van der Waals surface area contributed by atoms with E-state index in [1.807, 2.05) is 0 Å². The van der Waals surface area contributed by atoms with Crippen LogP contribution in [0.1, 0.15) is 35.4 Å². The van der Waals surface area contributed by atoms with Gasteiger partial charge in [-0.05, 0) is 73.7 Å². The fraction of sp³-hybridized carbons (Fsp3) is 0.231. The molecule has 0 unspecified atom stereocenters.